The average Bonchev–Trinajstić information content (AvgIpc) is 2.69. The van der Waals surface area contributed by atoms with Crippen molar-refractivity contribution in [2.75, 3.05) is 25.1 Å². The first-order valence-electron chi connectivity index (χ1n) is 8.33. The lowest BCUT2D eigenvalue weighted by molar-refractivity contribution is 0.0168. The Balaban J connectivity index is 2.46. The van der Waals surface area contributed by atoms with Gasteiger partial charge in [0.2, 0.25) is 0 Å². The summed E-state index contributed by atoms with van der Waals surface area (Å²) >= 11 is 1.90. The summed E-state index contributed by atoms with van der Waals surface area (Å²) in [5.74, 6) is -4.25. The zero-order valence-corrected chi connectivity index (χ0v) is 17.3. The number of nitrogens with one attached hydrogen (secondary N) is 2. The largest absolute Gasteiger partial charge is 0.394 e. The Morgan fingerprint density at radius 3 is 2.66 bits per heavy atom. The number of rotatable bonds is 10. The number of hydrogen-bond acceptors (Lipinski definition) is 5. The highest BCUT2D eigenvalue weighted by Gasteiger charge is 2.24. The van der Waals surface area contributed by atoms with Gasteiger partial charge in [0.15, 0.2) is 11.6 Å². The summed E-state index contributed by atoms with van der Waals surface area (Å²) in [5.41, 5.74) is 0.740. The fraction of sp³-hybridized carbons (Fsp3) is 0.211. The third-order valence-electron chi connectivity index (χ3n) is 3.57. The summed E-state index contributed by atoms with van der Waals surface area (Å²) in [6.07, 6.45) is 1.43. The van der Waals surface area contributed by atoms with Crippen LogP contribution in [-0.2, 0) is 16.2 Å². The van der Waals surface area contributed by atoms with Crippen molar-refractivity contribution in [3.8, 4) is 0 Å². The Morgan fingerprint density at radius 2 is 2.00 bits per heavy atom. The van der Waals surface area contributed by atoms with Crippen molar-refractivity contribution in [1.82, 2.24) is 5.48 Å². The smallest absolute Gasteiger partial charge is 0.277 e. The summed E-state index contributed by atoms with van der Waals surface area (Å²) in [7, 11) is 0. The van der Waals surface area contributed by atoms with Crippen LogP contribution >= 0.6 is 22.6 Å². The predicted octanol–water partition coefficient (Wildman–Crippen LogP) is 3.81. The van der Waals surface area contributed by atoms with Gasteiger partial charge in [-0.3, -0.25) is 9.63 Å². The third kappa shape index (κ3) is 6.16. The Labute approximate surface area is 178 Å². The van der Waals surface area contributed by atoms with Crippen LogP contribution in [0.4, 0.5) is 24.5 Å². The molecule has 2 aromatic rings. The van der Waals surface area contributed by atoms with Crippen LogP contribution < -0.4 is 10.8 Å². The first-order chi connectivity index (χ1) is 13.9. The second kappa shape index (κ2) is 11.1. The highest BCUT2D eigenvalue weighted by Crippen LogP contribution is 2.30. The molecule has 0 heterocycles. The molecule has 0 radical (unpaired) electrons. The van der Waals surface area contributed by atoms with E-state index in [0.29, 0.717) is 3.57 Å². The number of halogens is 4. The van der Waals surface area contributed by atoms with E-state index in [0.717, 1.165) is 6.07 Å². The first-order valence-corrected chi connectivity index (χ1v) is 9.41. The van der Waals surface area contributed by atoms with Crippen molar-refractivity contribution in [3.05, 3.63) is 69.1 Å². The monoisotopic (exact) mass is 522 g/mol. The van der Waals surface area contributed by atoms with Gasteiger partial charge in [0.25, 0.3) is 5.91 Å². The van der Waals surface area contributed by atoms with Crippen LogP contribution in [0.25, 0.3) is 0 Å². The van der Waals surface area contributed by atoms with Gasteiger partial charge in [0, 0.05) is 9.13 Å². The molecule has 0 fully saturated rings. The molecular weight excluding hydrogens is 504 g/mol. The predicted molar refractivity (Wildman–Crippen MR) is 109 cm³/mol. The molecule has 0 spiro atoms. The van der Waals surface area contributed by atoms with E-state index in [1.54, 1.807) is 6.07 Å². The number of aliphatic hydroxyl groups excluding tert-OH is 1. The van der Waals surface area contributed by atoms with Gasteiger partial charge in [-0.1, -0.05) is 6.08 Å². The van der Waals surface area contributed by atoms with Gasteiger partial charge in [0.1, 0.15) is 5.82 Å². The lowest BCUT2D eigenvalue weighted by Crippen LogP contribution is -2.26. The van der Waals surface area contributed by atoms with E-state index in [1.165, 1.54) is 18.2 Å². The number of amides is 1. The van der Waals surface area contributed by atoms with Crippen LogP contribution in [0.1, 0.15) is 15.9 Å². The molecule has 0 saturated carbocycles. The molecule has 0 aliphatic carbocycles. The van der Waals surface area contributed by atoms with Crippen molar-refractivity contribution in [3.63, 3.8) is 0 Å². The van der Waals surface area contributed by atoms with Crippen LogP contribution in [0, 0.1) is 21.0 Å². The molecule has 0 aliphatic heterocycles. The SMILES string of the molecule is C=CCOCc1cc(C(=O)NOCCO)c(Nc2ccc(I)cc2F)c(F)c1F. The van der Waals surface area contributed by atoms with E-state index in [4.69, 9.17) is 14.7 Å². The Bertz CT molecular complexity index is 896. The van der Waals surface area contributed by atoms with Gasteiger partial charge < -0.3 is 15.2 Å². The maximum atomic E-state index is 14.8. The normalized spacial score (nSPS) is 10.7. The molecule has 0 aliphatic rings. The van der Waals surface area contributed by atoms with Crippen molar-refractivity contribution in [1.29, 1.82) is 0 Å². The van der Waals surface area contributed by atoms with Crippen LogP contribution in [0.15, 0.2) is 36.9 Å². The molecule has 0 unspecified atom stereocenters. The second-order valence-electron chi connectivity index (χ2n) is 5.64. The van der Waals surface area contributed by atoms with Gasteiger partial charge in [-0.25, -0.2) is 18.7 Å². The van der Waals surface area contributed by atoms with E-state index in [2.05, 4.69) is 11.9 Å². The van der Waals surface area contributed by atoms with Crippen molar-refractivity contribution < 1.29 is 32.6 Å². The number of hydrogen-bond donors (Lipinski definition) is 3. The lowest BCUT2D eigenvalue weighted by Gasteiger charge is -2.16. The number of benzene rings is 2. The van der Waals surface area contributed by atoms with E-state index in [1.807, 2.05) is 28.1 Å². The van der Waals surface area contributed by atoms with Crippen molar-refractivity contribution >= 4 is 39.9 Å². The van der Waals surface area contributed by atoms with E-state index in [9.17, 15) is 18.0 Å². The fourth-order valence-corrected chi connectivity index (χ4v) is 2.73. The molecule has 156 valence electrons. The molecule has 6 nitrogen and oxygen atoms in total. The third-order valence-corrected chi connectivity index (χ3v) is 4.24. The van der Waals surface area contributed by atoms with Gasteiger partial charge >= 0.3 is 0 Å². The van der Waals surface area contributed by atoms with E-state index in [-0.39, 0.29) is 43.2 Å². The minimum atomic E-state index is -1.38. The van der Waals surface area contributed by atoms with Crippen molar-refractivity contribution in [2.24, 2.45) is 0 Å². The molecule has 2 aromatic carbocycles. The highest BCUT2D eigenvalue weighted by atomic mass is 127. The second-order valence-corrected chi connectivity index (χ2v) is 6.89. The molecule has 0 saturated heterocycles. The quantitative estimate of drug-likeness (QED) is 0.192. The Kier molecular flexibility index (Phi) is 8.89. The first kappa shape index (κ1) is 23.1. The molecule has 3 N–H and O–H groups in total. The number of aliphatic hydroxyl groups is 1. The Morgan fingerprint density at radius 1 is 1.24 bits per heavy atom. The van der Waals surface area contributed by atoms with Crippen LogP contribution in [0.5, 0.6) is 0 Å². The average molecular weight is 522 g/mol. The molecule has 2 rings (SSSR count). The van der Waals surface area contributed by atoms with Crippen LogP contribution in [0.2, 0.25) is 0 Å². The van der Waals surface area contributed by atoms with Gasteiger partial charge in [0.05, 0.1) is 43.4 Å². The zero-order valence-electron chi connectivity index (χ0n) is 15.1. The van der Waals surface area contributed by atoms with E-state index < -0.39 is 29.0 Å². The number of carbonyl (C=O) groups is 1. The minimum Gasteiger partial charge on any atom is -0.394 e. The molecular formula is C19H18F3IN2O4. The summed E-state index contributed by atoms with van der Waals surface area (Å²) < 4.78 is 49.2. The number of anilines is 2. The zero-order chi connectivity index (χ0) is 21.4. The standard InChI is InChI=1S/C19H18F3IN2O4/c1-2-6-28-10-11-8-13(19(27)25-29-7-5-26)18(17(22)16(11)21)24-15-4-3-12(23)9-14(15)20/h2-4,8-9,24,26H,1,5-7,10H2,(H,25,27). The van der Waals surface area contributed by atoms with Crippen molar-refractivity contribution in [2.45, 2.75) is 6.61 Å². The topological polar surface area (TPSA) is 79.8 Å². The summed E-state index contributed by atoms with van der Waals surface area (Å²) in [5, 5.41) is 11.2. The maximum absolute atomic E-state index is 14.8. The fourth-order valence-electron chi connectivity index (χ4n) is 2.28. The molecule has 1 amide bonds. The number of ether oxygens (including phenoxy) is 1. The molecule has 10 heteroatoms. The molecule has 0 atom stereocenters. The maximum Gasteiger partial charge on any atom is 0.277 e. The van der Waals surface area contributed by atoms with Crippen LogP contribution in [-0.4, -0.2) is 30.8 Å². The summed E-state index contributed by atoms with van der Waals surface area (Å²) in [6.45, 7) is 2.66. The van der Waals surface area contributed by atoms with Gasteiger partial charge in [-0.05, 0) is 46.9 Å². The number of carbonyl (C=O) groups excluding carboxylic acids is 1. The van der Waals surface area contributed by atoms with Crippen LogP contribution in [0.3, 0.4) is 0 Å². The highest BCUT2D eigenvalue weighted by molar-refractivity contribution is 14.1. The van der Waals surface area contributed by atoms with Gasteiger partial charge in [-0.15, -0.1) is 6.58 Å². The summed E-state index contributed by atoms with van der Waals surface area (Å²) in [4.78, 5) is 17.2. The minimum absolute atomic E-state index is 0.0933. The van der Waals surface area contributed by atoms with Gasteiger partial charge in [-0.2, -0.15) is 0 Å². The number of hydroxylamine groups is 1. The summed E-state index contributed by atoms with van der Waals surface area (Å²) in [6, 6.07) is 5.16. The molecule has 29 heavy (non-hydrogen) atoms. The molecule has 0 aromatic heterocycles. The molecule has 0 bridgehead atoms. The lowest BCUT2D eigenvalue weighted by atomic mass is 10.1. The van der Waals surface area contributed by atoms with E-state index >= 15 is 0 Å². The Hall–Kier alpha value is -2.15.